The molecule has 0 aromatic heterocycles. The number of hydrogen-bond acceptors (Lipinski definition) is 3. The molecule has 0 fully saturated rings. The molecule has 1 aromatic rings. The Kier molecular flexibility index (Phi) is 4.98. The van der Waals surface area contributed by atoms with Gasteiger partial charge in [-0.2, -0.15) is 13.2 Å². The molecule has 0 atom stereocenters. The zero-order chi connectivity index (χ0) is 15.6. The summed E-state index contributed by atoms with van der Waals surface area (Å²) in [4.78, 5) is 10.4. The van der Waals surface area contributed by atoms with E-state index in [0.717, 1.165) is 12.1 Å². The van der Waals surface area contributed by atoms with Crippen LogP contribution in [0.3, 0.4) is 0 Å². The fourth-order valence-electron chi connectivity index (χ4n) is 1.26. The molecule has 0 aliphatic heterocycles. The lowest BCUT2D eigenvalue weighted by molar-refractivity contribution is -0.142. The van der Waals surface area contributed by atoms with Crippen LogP contribution in [0.4, 0.5) is 23.2 Å². The number of nitrogens with one attached hydrogen (secondary N) is 1. The Hall–Kier alpha value is -1.35. The highest BCUT2D eigenvalue weighted by Crippen LogP contribution is 2.24. The van der Waals surface area contributed by atoms with E-state index in [9.17, 15) is 30.8 Å². The summed E-state index contributed by atoms with van der Waals surface area (Å²) in [6, 6.07) is 2.47. The van der Waals surface area contributed by atoms with E-state index in [2.05, 4.69) is 0 Å². The molecule has 0 saturated carbocycles. The van der Waals surface area contributed by atoms with E-state index in [0.29, 0.717) is 6.07 Å². The lowest BCUT2D eigenvalue weighted by atomic mass is 10.2. The molecule has 0 unspecified atom stereocenters. The molecule has 10 heteroatoms. The zero-order valence-electron chi connectivity index (χ0n) is 9.67. The molecular formula is C10H8ClF4NO3S. The molecule has 0 aliphatic carbocycles. The molecule has 0 saturated heterocycles. The van der Waals surface area contributed by atoms with Crippen molar-refractivity contribution >= 4 is 31.3 Å². The number of amides is 1. The molecule has 1 aromatic carbocycles. The molecule has 0 radical (unpaired) electrons. The van der Waals surface area contributed by atoms with Crippen LogP contribution < -0.4 is 5.32 Å². The second kappa shape index (κ2) is 5.96. The van der Waals surface area contributed by atoms with Crippen LogP contribution in [0.2, 0.25) is 0 Å². The van der Waals surface area contributed by atoms with Gasteiger partial charge in [0, 0.05) is 22.8 Å². The molecular weight excluding hydrogens is 326 g/mol. The number of hydrogen-bond donors (Lipinski definition) is 1. The number of alkyl halides is 3. The first-order valence-corrected chi connectivity index (χ1v) is 7.41. The van der Waals surface area contributed by atoms with Gasteiger partial charge in [0.05, 0.1) is 6.42 Å². The van der Waals surface area contributed by atoms with Gasteiger partial charge >= 0.3 is 6.18 Å². The van der Waals surface area contributed by atoms with E-state index in [1.54, 1.807) is 0 Å². The molecule has 0 aliphatic rings. The van der Waals surface area contributed by atoms with E-state index < -0.39 is 44.7 Å². The number of carbonyl (C=O) groups is 1. The van der Waals surface area contributed by atoms with Crippen molar-refractivity contribution in [3.63, 3.8) is 0 Å². The van der Waals surface area contributed by atoms with E-state index in [4.69, 9.17) is 10.7 Å². The number of halogens is 5. The van der Waals surface area contributed by atoms with E-state index in [1.807, 2.05) is 5.32 Å². The fraction of sp³-hybridized carbons (Fsp3) is 0.300. The van der Waals surface area contributed by atoms with Gasteiger partial charge in [0.25, 0.3) is 9.05 Å². The van der Waals surface area contributed by atoms with Crippen LogP contribution in [0.25, 0.3) is 0 Å². The lowest BCUT2D eigenvalue weighted by Gasteiger charge is -2.08. The third-order valence-electron chi connectivity index (χ3n) is 2.11. The first-order chi connectivity index (χ1) is 8.99. The Morgan fingerprint density at radius 1 is 1.30 bits per heavy atom. The van der Waals surface area contributed by atoms with Crippen LogP contribution >= 0.6 is 10.7 Å². The minimum absolute atomic E-state index is 0.168. The van der Waals surface area contributed by atoms with Crippen molar-refractivity contribution in [1.29, 1.82) is 0 Å². The number of benzene rings is 1. The van der Waals surface area contributed by atoms with Crippen molar-refractivity contribution in [3.05, 3.63) is 24.0 Å². The van der Waals surface area contributed by atoms with Crippen LogP contribution in [-0.4, -0.2) is 20.5 Å². The van der Waals surface area contributed by atoms with Crippen molar-refractivity contribution in [1.82, 2.24) is 0 Å². The van der Waals surface area contributed by atoms with Gasteiger partial charge in [0.1, 0.15) is 10.7 Å². The summed E-state index contributed by atoms with van der Waals surface area (Å²) in [6.07, 6.45) is -6.60. The highest BCUT2D eigenvalue weighted by molar-refractivity contribution is 8.13. The number of carbonyl (C=O) groups excluding carboxylic acids is 1. The van der Waals surface area contributed by atoms with Gasteiger partial charge < -0.3 is 5.32 Å². The SMILES string of the molecule is O=C(CCC(F)(F)F)Nc1ccc(S(=O)(=O)Cl)c(F)c1. The van der Waals surface area contributed by atoms with E-state index >= 15 is 0 Å². The number of anilines is 1. The Morgan fingerprint density at radius 2 is 1.90 bits per heavy atom. The minimum atomic E-state index is -4.47. The molecule has 20 heavy (non-hydrogen) atoms. The van der Waals surface area contributed by atoms with Crippen LogP contribution in [0.5, 0.6) is 0 Å². The quantitative estimate of drug-likeness (QED) is 0.680. The number of rotatable bonds is 4. The molecule has 112 valence electrons. The topological polar surface area (TPSA) is 63.2 Å². The average Bonchev–Trinajstić information content (AvgIpc) is 2.23. The lowest BCUT2D eigenvalue weighted by Crippen LogP contribution is -2.16. The van der Waals surface area contributed by atoms with Gasteiger partial charge in [-0.3, -0.25) is 4.79 Å². The van der Waals surface area contributed by atoms with Gasteiger partial charge in [-0.15, -0.1) is 0 Å². The van der Waals surface area contributed by atoms with Gasteiger partial charge in [0.2, 0.25) is 5.91 Å². The molecule has 0 heterocycles. The highest BCUT2D eigenvalue weighted by Gasteiger charge is 2.28. The Labute approximate surface area is 116 Å². The second-order valence-electron chi connectivity index (χ2n) is 3.75. The standard InChI is InChI=1S/C10H8ClF4NO3S/c11-20(18,19)8-2-1-6(5-7(8)12)16-9(17)3-4-10(13,14)15/h1-2,5H,3-4H2,(H,16,17). The predicted octanol–water partition coefficient (Wildman–Crippen LogP) is 3.03. The van der Waals surface area contributed by atoms with Gasteiger partial charge in [-0.25, -0.2) is 12.8 Å². The normalized spacial score (nSPS) is 12.2. The van der Waals surface area contributed by atoms with Crippen LogP contribution in [0, 0.1) is 5.82 Å². The maximum Gasteiger partial charge on any atom is 0.389 e. The van der Waals surface area contributed by atoms with Gasteiger partial charge in [0.15, 0.2) is 0 Å². The second-order valence-corrected chi connectivity index (χ2v) is 6.28. The van der Waals surface area contributed by atoms with E-state index in [1.165, 1.54) is 0 Å². The third-order valence-corrected chi connectivity index (χ3v) is 3.47. The molecule has 4 nitrogen and oxygen atoms in total. The van der Waals surface area contributed by atoms with Crippen molar-refractivity contribution in [2.45, 2.75) is 23.9 Å². The molecule has 0 spiro atoms. The van der Waals surface area contributed by atoms with Gasteiger partial charge in [-0.1, -0.05) is 0 Å². The van der Waals surface area contributed by atoms with Gasteiger partial charge in [-0.05, 0) is 18.2 Å². The van der Waals surface area contributed by atoms with Crippen LogP contribution in [0.1, 0.15) is 12.8 Å². The summed E-state index contributed by atoms with van der Waals surface area (Å²) in [5.74, 6) is -2.18. The molecule has 1 amide bonds. The molecule has 1 rings (SSSR count). The Morgan fingerprint density at radius 3 is 2.35 bits per heavy atom. The maximum absolute atomic E-state index is 13.4. The third kappa shape index (κ3) is 5.33. The van der Waals surface area contributed by atoms with Crippen molar-refractivity contribution in [2.75, 3.05) is 5.32 Å². The molecule has 1 N–H and O–H groups in total. The summed E-state index contributed by atoms with van der Waals surface area (Å²) in [5.41, 5.74) is -0.168. The first kappa shape index (κ1) is 16.7. The summed E-state index contributed by atoms with van der Waals surface area (Å²) in [5, 5.41) is 2.02. The highest BCUT2D eigenvalue weighted by atomic mass is 35.7. The smallest absolute Gasteiger partial charge is 0.326 e. The Balaban J connectivity index is 2.76. The largest absolute Gasteiger partial charge is 0.389 e. The zero-order valence-corrected chi connectivity index (χ0v) is 11.2. The molecule has 0 bridgehead atoms. The van der Waals surface area contributed by atoms with Crippen LogP contribution in [-0.2, 0) is 13.8 Å². The summed E-state index contributed by atoms with van der Waals surface area (Å²) < 4.78 is 70.8. The summed E-state index contributed by atoms with van der Waals surface area (Å²) >= 11 is 0. The van der Waals surface area contributed by atoms with Crippen molar-refractivity contribution in [2.24, 2.45) is 0 Å². The summed E-state index contributed by atoms with van der Waals surface area (Å²) in [7, 11) is 0.669. The average molecular weight is 334 g/mol. The monoisotopic (exact) mass is 333 g/mol. The first-order valence-electron chi connectivity index (χ1n) is 5.10. The maximum atomic E-state index is 13.4. The predicted molar refractivity (Wildman–Crippen MR) is 63.4 cm³/mol. The van der Waals surface area contributed by atoms with Crippen molar-refractivity contribution in [3.8, 4) is 0 Å². The Bertz CT molecular complexity index is 615. The van der Waals surface area contributed by atoms with Crippen LogP contribution in [0.15, 0.2) is 23.1 Å². The minimum Gasteiger partial charge on any atom is -0.326 e. The van der Waals surface area contributed by atoms with Crippen molar-refractivity contribution < 1.29 is 30.8 Å². The fourth-order valence-corrected chi connectivity index (χ4v) is 2.15. The summed E-state index contributed by atoms with van der Waals surface area (Å²) in [6.45, 7) is 0. The van der Waals surface area contributed by atoms with E-state index in [-0.39, 0.29) is 5.69 Å².